The summed E-state index contributed by atoms with van der Waals surface area (Å²) in [4.78, 5) is 4.62. The van der Waals surface area contributed by atoms with Crippen LogP contribution in [0.3, 0.4) is 0 Å². The predicted octanol–water partition coefficient (Wildman–Crippen LogP) is 2.64. The van der Waals surface area contributed by atoms with E-state index in [0.29, 0.717) is 25.2 Å². The van der Waals surface area contributed by atoms with E-state index >= 15 is 0 Å². The molecule has 0 aromatic heterocycles. The number of nitrogens with two attached hydrogens (primary N) is 1. The lowest BCUT2D eigenvalue weighted by Crippen LogP contribution is -2.40. The zero-order valence-electron chi connectivity index (χ0n) is 14.9. The number of hydrogen-bond acceptors (Lipinski definition) is 4. The number of guanidine groups is 1. The molecule has 1 aromatic carbocycles. The summed E-state index contributed by atoms with van der Waals surface area (Å²) in [6.45, 7) is 7.54. The molecule has 3 rings (SSSR count). The van der Waals surface area contributed by atoms with E-state index < -0.39 is 0 Å². The number of nitrogens with one attached hydrogen (secondary N) is 1. The van der Waals surface area contributed by atoms with E-state index in [9.17, 15) is 0 Å². The molecule has 1 saturated heterocycles. The Morgan fingerprint density at radius 3 is 2.68 bits per heavy atom. The van der Waals surface area contributed by atoms with Gasteiger partial charge in [0.25, 0.3) is 0 Å². The lowest BCUT2D eigenvalue weighted by Gasteiger charge is -2.36. The Morgan fingerprint density at radius 1 is 1.24 bits per heavy atom. The van der Waals surface area contributed by atoms with Gasteiger partial charge < -0.3 is 25.3 Å². The molecule has 7 heteroatoms. The van der Waals surface area contributed by atoms with Crippen molar-refractivity contribution < 1.29 is 14.2 Å². The molecule has 140 valence electrons. The fraction of sp³-hybridized carbons (Fsp3) is 0.611. The molecule has 1 aromatic rings. The van der Waals surface area contributed by atoms with Gasteiger partial charge in [-0.05, 0) is 36.5 Å². The number of rotatable bonds is 5. The molecule has 0 bridgehead atoms. The summed E-state index contributed by atoms with van der Waals surface area (Å²) >= 11 is 0. The van der Waals surface area contributed by atoms with Crippen LogP contribution >= 0.6 is 24.0 Å². The molecule has 0 radical (unpaired) electrons. The Labute approximate surface area is 166 Å². The van der Waals surface area contributed by atoms with E-state index in [1.807, 2.05) is 6.07 Å². The Kier molecular flexibility index (Phi) is 7.18. The van der Waals surface area contributed by atoms with Gasteiger partial charge in [-0.2, -0.15) is 0 Å². The third kappa shape index (κ3) is 4.91. The lowest BCUT2D eigenvalue weighted by molar-refractivity contribution is 0.0530. The van der Waals surface area contributed by atoms with Crippen LogP contribution in [0.1, 0.15) is 32.3 Å². The highest BCUT2D eigenvalue weighted by atomic mass is 127. The molecule has 2 heterocycles. The summed E-state index contributed by atoms with van der Waals surface area (Å²) in [7, 11) is 0. The van der Waals surface area contributed by atoms with Gasteiger partial charge in [0.15, 0.2) is 17.5 Å². The molecule has 0 unspecified atom stereocenters. The molecule has 0 aliphatic carbocycles. The molecule has 6 nitrogen and oxygen atoms in total. The second kappa shape index (κ2) is 8.93. The van der Waals surface area contributed by atoms with Crippen LogP contribution in [0.15, 0.2) is 23.2 Å². The van der Waals surface area contributed by atoms with Crippen LogP contribution in [0.2, 0.25) is 0 Å². The zero-order valence-corrected chi connectivity index (χ0v) is 17.2. The maximum absolute atomic E-state index is 6.03. The SMILES string of the molecule is CC(C)CNC(N)=NCC1(c2ccc3c(c2)OCO3)CCOCC1.I. The molecule has 0 saturated carbocycles. The van der Waals surface area contributed by atoms with Crippen LogP contribution in [0, 0.1) is 5.92 Å². The lowest BCUT2D eigenvalue weighted by atomic mass is 9.74. The maximum Gasteiger partial charge on any atom is 0.231 e. The smallest absolute Gasteiger partial charge is 0.231 e. The molecule has 25 heavy (non-hydrogen) atoms. The second-order valence-electron chi connectivity index (χ2n) is 6.94. The molecule has 3 N–H and O–H groups in total. The molecule has 0 amide bonds. The fourth-order valence-corrected chi connectivity index (χ4v) is 3.13. The van der Waals surface area contributed by atoms with Gasteiger partial charge in [0.2, 0.25) is 6.79 Å². The van der Waals surface area contributed by atoms with Crippen LogP contribution in [-0.4, -0.2) is 39.1 Å². The van der Waals surface area contributed by atoms with Gasteiger partial charge in [-0.25, -0.2) is 0 Å². The summed E-state index contributed by atoms with van der Waals surface area (Å²) in [6, 6.07) is 6.19. The van der Waals surface area contributed by atoms with Crippen molar-refractivity contribution in [3.8, 4) is 11.5 Å². The minimum Gasteiger partial charge on any atom is -0.454 e. The standard InChI is InChI=1S/C18H27N3O3.HI/c1-13(2)10-20-17(19)21-11-18(5-7-22-8-6-18)14-3-4-15-16(9-14)24-12-23-15;/h3-4,9,13H,5-8,10-12H2,1-2H3,(H3,19,20,21);1H. The van der Waals surface area contributed by atoms with Crippen molar-refractivity contribution in [1.82, 2.24) is 5.32 Å². The highest BCUT2D eigenvalue weighted by molar-refractivity contribution is 14.0. The first-order chi connectivity index (χ1) is 11.6. The van der Waals surface area contributed by atoms with Crippen LogP contribution in [0.25, 0.3) is 0 Å². The number of nitrogens with zero attached hydrogens (tertiary/aromatic N) is 1. The van der Waals surface area contributed by atoms with Crippen LogP contribution in [0.5, 0.6) is 11.5 Å². The fourth-order valence-electron chi connectivity index (χ4n) is 3.13. The van der Waals surface area contributed by atoms with Crippen LogP contribution < -0.4 is 20.5 Å². The minimum absolute atomic E-state index is 0. The highest BCUT2D eigenvalue weighted by Gasteiger charge is 2.35. The maximum atomic E-state index is 6.03. The van der Waals surface area contributed by atoms with Gasteiger partial charge in [-0.15, -0.1) is 24.0 Å². The number of halogens is 1. The van der Waals surface area contributed by atoms with E-state index in [2.05, 4.69) is 36.3 Å². The van der Waals surface area contributed by atoms with Crippen molar-refractivity contribution in [1.29, 1.82) is 0 Å². The third-order valence-electron chi connectivity index (χ3n) is 4.68. The van der Waals surface area contributed by atoms with Gasteiger partial charge in [0.05, 0.1) is 6.54 Å². The normalized spacial score (nSPS) is 18.8. The largest absolute Gasteiger partial charge is 0.454 e. The molecule has 0 atom stereocenters. The van der Waals surface area contributed by atoms with Crippen molar-refractivity contribution in [2.24, 2.45) is 16.6 Å². The first-order valence-corrected chi connectivity index (χ1v) is 8.61. The van der Waals surface area contributed by atoms with Crippen molar-refractivity contribution in [3.05, 3.63) is 23.8 Å². The average molecular weight is 461 g/mol. The molecule has 2 aliphatic heterocycles. The van der Waals surface area contributed by atoms with E-state index in [4.69, 9.17) is 19.9 Å². The van der Waals surface area contributed by atoms with Crippen molar-refractivity contribution in [2.75, 3.05) is 33.1 Å². The Hall–Kier alpha value is -1.22. The minimum atomic E-state index is -0.0661. The van der Waals surface area contributed by atoms with Gasteiger partial charge in [0.1, 0.15) is 0 Å². The topological polar surface area (TPSA) is 78.1 Å². The van der Waals surface area contributed by atoms with Crippen LogP contribution in [0.4, 0.5) is 0 Å². The van der Waals surface area contributed by atoms with Gasteiger partial charge in [-0.3, -0.25) is 4.99 Å². The summed E-state index contributed by atoms with van der Waals surface area (Å²) in [5.74, 6) is 2.66. The summed E-state index contributed by atoms with van der Waals surface area (Å²) < 4.78 is 16.5. The number of hydrogen-bond donors (Lipinski definition) is 2. The molecular formula is C18H28IN3O3. The van der Waals surface area contributed by atoms with Gasteiger partial charge in [0, 0.05) is 25.2 Å². The summed E-state index contributed by atoms with van der Waals surface area (Å²) in [6.07, 6.45) is 1.85. The molecule has 1 fully saturated rings. The highest BCUT2D eigenvalue weighted by Crippen LogP contribution is 2.41. The zero-order chi connectivity index (χ0) is 17.0. The van der Waals surface area contributed by atoms with E-state index in [0.717, 1.165) is 44.1 Å². The van der Waals surface area contributed by atoms with Gasteiger partial charge in [-0.1, -0.05) is 19.9 Å². The molecule has 2 aliphatic rings. The molecule has 0 spiro atoms. The first-order valence-electron chi connectivity index (χ1n) is 8.61. The van der Waals surface area contributed by atoms with E-state index in [-0.39, 0.29) is 29.4 Å². The number of benzene rings is 1. The number of fused-ring (bicyclic) bond motifs is 1. The van der Waals surface area contributed by atoms with Crippen molar-refractivity contribution in [2.45, 2.75) is 32.1 Å². The third-order valence-corrected chi connectivity index (χ3v) is 4.68. The molecular weight excluding hydrogens is 433 g/mol. The Balaban J connectivity index is 0.00000225. The number of aliphatic imine (C=N–C) groups is 1. The quantitative estimate of drug-likeness (QED) is 0.401. The van der Waals surface area contributed by atoms with Crippen LogP contribution in [-0.2, 0) is 10.2 Å². The van der Waals surface area contributed by atoms with Crippen molar-refractivity contribution >= 4 is 29.9 Å². The van der Waals surface area contributed by atoms with E-state index in [1.54, 1.807) is 0 Å². The first kappa shape index (κ1) is 20.1. The summed E-state index contributed by atoms with van der Waals surface area (Å²) in [5, 5.41) is 3.18. The number of ether oxygens (including phenoxy) is 3. The second-order valence-corrected chi connectivity index (χ2v) is 6.94. The van der Waals surface area contributed by atoms with Gasteiger partial charge >= 0.3 is 0 Å². The Morgan fingerprint density at radius 2 is 1.96 bits per heavy atom. The van der Waals surface area contributed by atoms with E-state index in [1.165, 1.54) is 5.56 Å². The monoisotopic (exact) mass is 461 g/mol. The van der Waals surface area contributed by atoms with Crippen molar-refractivity contribution in [3.63, 3.8) is 0 Å². The summed E-state index contributed by atoms with van der Waals surface area (Å²) in [5.41, 5.74) is 7.18. The average Bonchev–Trinajstić information content (AvgIpc) is 3.06. The Bertz CT molecular complexity index is 601. The predicted molar refractivity (Wildman–Crippen MR) is 109 cm³/mol.